The zero-order valence-electron chi connectivity index (χ0n) is 10.4. The van der Waals surface area contributed by atoms with Crippen molar-refractivity contribution >= 4 is 5.97 Å². The van der Waals surface area contributed by atoms with Gasteiger partial charge in [0.25, 0.3) is 0 Å². The van der Waals surface area contributed by atoms with Crippen LogP contribution in [0.15, 0.2) is 0 Å². The summed E-state index contributed by atoms with van der Waals surface area (Å²) in [4.78, 5) is 12.9. The van der Waals surface area contributed by atoms with Gasteiger partial charge in [0.1, 0.15) is 0 Å². The lowest BCUT2D eigenvalue weighted by molar-refractivity contribution is -0.167. The molecule has 1 rings (SSSR count). The van der Waals surface area contributed by atoms with Crippen LogP contribution in [0.3, 0.4) is 0 Å². The molecule has 0 spiro atoms. The van der Waals surface area contributed by atoms with E-state index in [1.807, 2.05) is 20.9 Å². The third-order valence-electron chi connectivity index (χ3n) is 2.32. The first-order valence-electron chi connectivity index (χ1n) is 5.51. The molecule has 1 saturated heterocycles. The van der Waals surface area contributed by atoms with Crippen LogP contribution in [0.25, 0.3) is 0 Å². The summed E-state index contributed by atoms with van der Waals surface area (Å²) >= 11 is 0. The smallest absolute Gasteiger partial charge is 0.335 e. The van der Waals surface area contributed by atoms with Gasteiger partial charge in [-0.3, -0.25) is 0 Å². The van der Waals surface area contributed by atoms with E-state index in [2.05, 4.69) is 4.90 Å². The maximum absolute atomic E-state index is 10.8. The normalized spacial score (nSPS) is 22.1. The Labute approximate surface area is 92.2 Å². The molecule has 0 saturated carbocycles. The van der Waals surface area contributed by atoms with Gasteiger partial charge >= 0.3 is 5.97 Å². The van der Waals surface area contributed by atoms with Crippen LogP contribution in [0.2, 0.25) is 0 Å². The second kappa shape index (κ2) is 6.08. The van der Waals surface area contributed by atoms with Gasteiger partial charge < -0.3 is 14.7 Å². The van der Waals surface area contributed by atoms with Crippen LogP contribution in [0.1, 0.15) is 34.1 Å². The molecule has 0 aromatic heterocycles. The molecule has 1 unspecified atom stereocenters. The fourth-order valence-corrected chi connectivity index (χ4v) is 1.46. The molecule has 0 aliphatic carbocycles. The Kier molecular flexibility index (Phi) is 5.83. The van der Waals surface area contributed by atoms with Crippen LogP contribution in [-0.2, 0) is 9.53 Å². The van der Waals surface area contributed by atoms with Crippen molar-refractivity contribution in [3.63, 3.8) is 0 Å². The summed E-state index contributed by atoms with van der Waals surface area (Å²) in [6.07, 6.45) is 0.990. The number of likely N-dealkylation sites (N-methyl/N-ethyl adjacent to an activating group) is 1. The monoisotopic (exact) mass is 217 g/mol. The van der Waals surface area contributed by atoms with Crippen molar-refractivity contribution in [1.29, 1.82) is 0 Å². The molecule has 0 amide bonds. The van der Waals surface area contributed by atoms with Gasteiger partial charge in [-0.05, 0) is 27.3 Å². The Morgan fingerprint density at radius 1 is 1.47 bits per heavy atom. The molecule has 1 aliphatic rings. The highest BCUT2D eigenvalue weighted by Crippen LogP contribution is 2.18. The van der Waals surface area contributed by atoms with E-state index in [9.17, 15) is 4.79 Å². The first-order chi connectivity index (χ1) is 6.92. The Balaban J connectivity index is 0.000000921. The lowest BCUT2D eigenvalue weighted by atomic mass is 10.1. The summed E-state index contributed by atoms with van der Waals surface area (Å²) in [6, 6.07) is 0. The predicted octanol–water partition coefficient (Wildman–Crippen LogP) is 1.60. The summed E-state index contributed by atoms with van der Waals surface area (Å²) in [5, 5.41) is 8.83. The van der Waals surface area contributed by atoms with Gasteiger partial charge in [0.15, 0.2) is 5.60 Å². The minimum absolute atomic E-state index is 0.0658. The number of carbonyl (C=O) groups is 1. The molecule has 1 fully saturated rings. The average Bonchev–Trinajstić information content (AvgIpc) is 2.53. The Bertz CT molecular complexity index is 204. The van der Waals surface area contributed by atoms with E-state index in [-0.39, 0.29) is 6.10 Å². The van der Waals surface area contributed by atoms with Crippen LogP contribution in [0, 0.1) is 0 Å². The highest BCUT2D eigenvalue weighted by Gasteiger charge is 2.33. The summed E-state index contributed by atoms with van der Waals surface area (Å²) in [5.74, 6) is -0.901. The molecule has 90 valence electrons. The van der Waals surface area contributed by atoms with Crippen molar-refractivity contribution in [2.75, 3.05) is 20.1 Å². The number of rotatable bonds is 3. The zero-order chi connectivity index (χ0) is 12.1. The fraction of sp³-hybridized carbons (Fsp3) is 0.909. The standard InChI is InChI=1S/C9H17NO3.C2H6/c1-9(2,8(11)12)13-7-4-5-10(3)6-7;1-2/h7H,4-6H2,1-3H3,(H,11,12);1-2H3. The molecule has 1 N–H and O–H groups in total. The number of likely N-dealkylation sites (tertiary alicyclic amines) is 1. The minimum Gasteiger partial charge on any atom is -0.479 e. The van der Waals surface area contributed by atoms with Crippen molar-refractivity contribution in [2.24, 2.45) is 0 Å². The molecule has 1 aliphatic heterocycles. The summed E-state index contributed by atoms with van der Waals surface area (Å²) in [6.45, 7) is 9.00. The largest absolute Gasteiger partial charge is 0.479 e. The van der Waals surface area contributed by atoms with E-state index in [4.69, 9.17) is 9.84 Å². The topological polar surface area (TPSA) is 49.8 Å². The van der Waals surface area contributed by atoms with Gasteiger partial charge in [0, 0.05) is 13.1 Å². The first kappa shape index (κ1) is 14.4. The van der Waals surface area contributed by atoms with E-state index in [0.717, 1.165) is 19.5 Å². The lowest BCUT2D eigenvalue weighted by Crippen LogP contribution is -2.39. The van der Waals surface area contributed by atoms with Crippen molar-refractivity contribution < 1.29 is 14.6 Å². The van der Waals surface area contributed by atoms with Crippen LogP contribution >= 0.6 is 0 Å². The number of aliphatic carboxylic acids is 1. The van der Waals surface area contributed by atoms with Crippen molar-refractivity contribution in [1.82, 2.24) is 4.90 Å². The number of nitrogens with zero attached hydrogens (tertiary/aromatic N) is 1. The van der Waals surface area contributed by atoms with Crippen LogP contribution in [-0.4, -0.2) is 47.8 Å². The third kappa shape index (κ3) is 4.62. The fourth-order valence-electron chi connectivity index (χ4n) is 1.46. The van der Waals surface area contributed by atoms with Gasteiger partial charge in [-0.25, -0.2) is 4.79 Å². The van der Waals surface area contributed by atoms with E-state index in [0.29, 0.717) is 0 Å². The number of hydrogen-bond acceptors (Lipinski definition) is 3. The van der Waals surface area contributed by atoms with Crippen molar-refractivity contribution in [3.05, 3.63) is 0 Å². The van der Waals surface area contributed by atoms with Crippen LogP contribution < -0.4 is 0 Å². The first-order valence-corrected chi connectivity index (χ1v) is 5.51. The van der Waals surface area contributed by atoms with E-state index >= 15 is 0 Å². The maximum atomic E-state index is 10.8. The van der Waals surface area contributed by atoms with Gasteiger partial charge in [-0.2, -0.15) is 0 Å². The molecular formula is C11H23NO3. The molecule has 15 heavy (non-hydrogen) atoms. The molecule has 1 heterocycles. The molecule has 4 nitrogen and oxygen atoms in total. The van der Waals surface area contributed by atoms with E-state index in [1.165, 1.54) is 0 Å². The van der Waals surface area contributed by atoms with E-state index in [1.54, 1.807) is 13.8 Å². The Morgan fingerprint density at radius 3 is 2.33 bits per heavy atom. The molecule has 1 atom stereocenters. The van der Waals surface area contributed by atoms with Crippen LogP contribution in [0.4, 0.5) is 0 Å². The molecular weight excluding hydrogens is 194 g/mol. The summed E-state index contributed by atoms with van der Waals surface area (Å²) in [7, 11) is 2.01. The zero-order valence-corrected chi connectivity index (χ0v) is 10.4. The average molecular weight is 217 g/mol. The number of carboxylic acid groups (broad SMARTS) is 1. The molecule has 0 bridgehead atoms. The van der Waals surface area contributed by atoms with Gasteiger partial charge in [-0.15, -0.1) is 0 Å². The highest BCUT2D eigenvalue weighted by atomic mass is 16.5. The third-order valence-corrected chi connectivity index (χ3v) is 2.32. The Morgan fingerprint density at radius 2 is 2.00 bits per heavy atom. The summed E-state index contributed by atoms with van der Waals surface area (Å²) < 4.78 is 5.49. The Hall–Kier alpha value is -0.610. The lowest BCUT2D eigenvalue weighted by Gasteiger charge is -2.24. The molecule has 0 radical (unpaired) electrons. The summed E-state index contributed by atoms with van der Waals surface area (Å²) in [5.41, 5.74) is -1.06. The predicted molar refractivity (Wildman–Crippen MR) is 60.0 cm³/mol. The second-order valence-corrected chi connectivity index (χ2v) is 4.11. The van der Waals surface area contributed by atoms with Crippen molar-refractivity contribution in [2.45, 2.75) is 45.8 Å². The van der Waals surface area contributed by atoms with Gasteiger partial charge in [-0.1, -0.05) is 13.8 Å². The quantitative estimate of drug-likeness (QED) is 0.780. The number of ether oxygens (including phenoxy) is 1. The number of carboxylic acids is 1. The second-order valence-electron chi connectivity index (χ2n) is 4.11. The van der Waals surface area contributed by atoms with E-state index < -0.39 is 11.6 Å². The molecule has 4 heteroatoms. The number of hydrogen-bond donors (Lipinski definition) is 1. The maximum Gasteiger partial charge on any atom is 0.335 e. The minimum atomic E-state index is -1.06. The highest BCUT2D eigenvalue weighted by molar-refractivity contribution is 5.76. The van der Waals surface area contributed by atoms with Gasteiger partial charge in [0.05, 0.1) is 6.10 Å². The molecule has 0 aromatic rings. The molecule has 0 aromatic carbocycles. The van der Waals surface area contributed by atoms with Gasteiger partial charge in [0.2, 0.25) is 0 Å². The van der Waals surface area contributed by atoms with Crippen LogP contribution in [0.5, 0.6) is 0 Å². The SMILES string of the molecule is CC.CN1CCC(OC(C)(C)C(=O)O)C1. The van der Waals surface area contributed by atoms with Crippen molar-refractivity contribution in [3.8, 4) is 0 Å².